The molecule has 1 aliphatic carbocycles. The van der Waals surface area contributed by atoms with Gasteiger partial charge in [-0.05, 0) is 78.6 Å². The van der Waals surface area contributed by atoms with E-state index in [4.69, 9.17) is 5.11 Å². The van der Waals surface area contributed by atoms with E-state index in [1.165, 1.54) is 5.56 Å². The van der Waals surface area contributed by atoms with E-state index in [1.807, 2.05) is 39.0 Å². The number of carboxylic acids is 1. The van der Waals surface area contributed by atoms with Gasteiger partial charge in [0, 0.05) is 15.5 Å². The normalized spacial score (nSPS) is 12.9. The molecular weight excluding hydrogens is 362 g/mol. The van der Waals surface area contributed by atoms with Gasteiger partial charge >= 0.3 is 11.9 Å². The second-order valence-corrected chi connectivity index (χ2v) is 8.20. The fourth-order valence-corrected chi connectivity index (χ4v) is 4.63. The Morgan fingerprint density at radius 1 is 1.15 bits per heavy atom. The molecule has 0 unspecified atom stereocenters. The molecule has 2 aromatic rings. The zero-order valence-corrected chi connectivity index (χ0v) is 16.4. The molecule has 5 nitrogen and oxygen atoms in total. The van der Waals surface area contributed by atoms with Crippen molar-refractivity contribution >= 4 is 29.3 Å². The van der Waals surface area contributed by atoms with Crippen LogP contribution in [0.5, 0.6) is 5.75 Å². The average molecular weight is 385 g/mol. The lowest BCUT2D eigenvalue weighted by Gasteiger charge is -2.17. The molecule has 6 heteroatoms. The van der Waals surface area contributed by atoms with Crippen LogP contribution in [0.15, 0.2) is 34.1 Å². The van der Waals surface area contributed by atoms with Crippen molar-refractivity contribution in [3.05, 3.63) is 46.5 Å². The number of carbonyl (C=O) groups excluding carboxylic acids is 1. The second kappa shape index (κ2) is 7.64. The third kappa shape index (κ3) is 3.95. The van der Waals surface area contributed by atoms with E-state index >= 15 is 0 Å². The van der Waals surface area contributed by atoms with Gasteiger partial charge in [0.05, 0.1) is 0 Å². The average Bonchev–Trinajstić information content (AvgIpc) is 3.09. The molecule has 1 aliphatic rings. The molecule has 3 N–H and O–H groups in total. The Bertz CT molecular complexity index is 921. The van der Waals surface area contributed by atoms with Crippen LogP contribution in [0.2, 0.25) is 0 Å². The Morgan fingerprint density at radius 3 is 2.52 bits per heavy atom. The summed E-state index contributed by atoms with van der Waals surface area (Å²) in [7, 11) is 0. The maximum absolute atomic E-state index is 11.6. The van der Waals surface area contributed by atoms with Crippen LogP contribution in [0.25, 0.3) is 0 Å². The van der Waals surface area contributed by atoms with Crippen molar-refractivity contribution in [3.63, 3.8) is 0 Å². The maximum Gasteiger partial charge on any atom is 0.394 e. The van der Waals surface area contributed by atoms with Crippen LogP contribution in [-0.2, 0) is 22.4 Å². The van der Waals surface area contributed by atoms with Gasteiger partial charge < -0.3 is 15.5 Å². The molecule has 142 valence electrons. The number of carbonyl (C=O) groups is 2. The van der Waals surface area contributed by atoms with Gasteiger partial charge in [-0.3, -0.25) is 4.79 Å². The highest BCUT2D eigenvalue weighted by molar-refractivity contribution is 7.99. The molecular formula is C21H23NO4S. The van der Waals surface area contributed by atoms with E-state index in [2.05, 4.69) is 5.32 Å². The molecule has 0 saturated heterocycles. The summed E-state index contributed by atoms with van der Waals surface area (Å²) in [6.45, 7) is 6.07. The molecule has 0 fully saturated rings. The first kappa shape index (κ1) is 19.3. The Hall–Kier alpha value is -2.47. The lowest BCUT2D eigenvalue weighted by atomic mass is 10.0. The number of anilines is 1. The molecule has 0 aliphatic heterocycles. The van der Waals surface area contributed by atoms with Crippen LogP contribution in [0.4, 0.5) is 5.69 Å². The van der Waals surface area contributed by atoms with E-state index in [-0.39, 0.29) is 5.92 Å². The SMILES string of the molecule is Cc1cc(NC(=O)C(=O)O)c2c(c1Sc1ccc(O)c(C(C)C)c1)CCC2. The number of rotatable bonds is 4. The third-order valence-corrected chi connectivity index (χ3v) is 6.08. The number of nitrogens with one attached hydrogen (secondary N) is 1. The van der Waals surface area contributed by atoms with Gasteiger partial charge in [0.2, 0.25) is 0 Å². The Balaban J connectivity index is 1.98. The largest absolute Gasteiger partial charge is 0.508 e. The number of hydrogen-bond donors (Lipinski definition) is 3. The fourth-order valence-electron chi connectivity index (χ4n) is 3.50. The minimum absolute atomic E-state index is 0.228. The summed E-state index contributed by atoms with van der Waals surface area (Å²) in [5, 5.41) is 21.4. The molecule has 0 radical (unpaired) electrons. The lowest BCUT2D eigenvalue weighted by Crippen LogP contribution is -2.22. The maximum atomic E-state index is 11.6. The lowest BCUT2D eigenvalue weighted by molar-refractivity contribution is -0.147. The summed E-state index contributed by atoms with van der Waals surface area (Å²) in [4.78, 5) is 24.7. The number of hydrogen-bond acceptors (Lipinski definition) is 4. The van der Waals surface area contributed by atoms with Crippen molar-refractivity contribution in [1.82, 2.24) is 0 Å². The Labute approximate surface area is 162 Å². The highest BCUT2D eigenvalue weighted by Crippen LogP contribution is 2.43. The van der Waals surface area contributed by atoms with Gasteiger partial charge in [-0.1, -0.05) is 25.6 Å². The molecule has 0 heterocycles. The first-order valence-electron chi connectivity index (χ1n) is 8.98. The number of aliphatic carboxylic acids is 1. The number of amides is 1. The molecule has 3 rings (SSSR count). The van der Waals surface area contributed by atoms with Crippen LogP contribution < -0.4 is 5.32 Å². The number of benzene rings is 2. The standard InChI is InChI=1S/C21H23NO4S/c1-11(2)16-10-13(7-8-18(16)23)27-19-12(3)9-17(22-20(24)21(25)26)14-5-4-6-15(14)19/h7-11,23H,4-6H2,1-3H3,(H,22,24)(H,25,26). The summed E-state index contributed by atoms with van der Waals surface area (Å²) < 4.78 is 0. The first-order chi connectivity index (χ1) is 12.8. The zero-order valence-electron chi connectivity index (χ0n) is 15.6. The van der Waals surface area contributed by atoms with E-state index in [1.54, 1.807) is 17.8 Å². The minimum atomic E-state index is -1.48. The number of aryl methyl sites for hydroxylation is 1. The molecule has 0 bridgehead atoms. The highest BCUT2D eigenvalue weighted by Gasteiger charge is 2.24. The predicted octanol–water partition coefficient (Wildman–Crippen LogP) is 4.49. The van der Waals surface area contributed by atoms with Crippen molar-refractivity contribution in [2.24, 2.45) is 0 Å². The molecule has 27 heavy (non-hydrogen) atoms. The topological polar surface area (TPSA) is 86.6 Å². The molecule has 0 aromatic heterocycles. The smallest absolute Gasteiger partial charge is 0.394 e. The molecule has 2 aromatic carbocycles. The van der Waals surface area contributed by atoms with Gasteiger partial charge in [0.15, 0.2) is 0 Å². The monoisotopic (exact) mass is 385 g/mol. The summed E-state index contributed by atoms with van der Waals surface area (Å²) in [6, 6.07) is 7.52. The zero-order chi connectivity index (χ0) is 19.7. The number of phenolic OH excluding ortho intramolecular Hbond substituents is 1. The van der Waals surface area contributed by atoms with E-state index in [0.29, 0.717) is 11.4 Å². The van der Waals surface area contributed by atoms with Crippen LogP contribution in [0.1, 0.15) is 48.4 Å². The molecule has 0 atom stereocenters. The Kier molecular flexibility index (Phi) is 5.46. The van der Waals surface area contributed by atoms with Crippen molar-refractivity contribution in [3.8, 4) is 5.75 Å². The summed E-state index contributed by atoms with van der Waals surface area (Å²) in [6.07, 6.45) is 2.71. The Morgan fingerprint density at radius 2 is 1.85 bits per heavy atom. The number of carboxylic acid groups (broad SMARTS) is 1. The van der Waals surface area contributed by atoms with Crippen LogP contribution >= 0.6 is 11.8 Å². The van der Waals surface area contributed by atoms with Crippen molar-refractivity contribution < 1.29 is 19.8 Å². The van der Waals surface area contributed by atoms with Gasteiger partial charge in [-0.2, -0.15) is 0 Å². The number of fused-ring (bicyclic) bond motifs is 1. The van der Waals surface area contributed by atoms with Crippen molar-refractivity contribution in [1.29, 1.82) is 0 Å². The summed E-state index contributed by atoms with van der Waals surface area (Å²) in [5.74, 6) is -1.96. The van der Waals surface area contributed by atoms with E-state index in [9.17, 15) is 14.7 Å². The predicted molar refractivity (Wildman–Crippen MR) is 106 cm³/mol. The van der Waals surface area contributed by atoms with E-state index < -0.39 is 11.9 Å². The third-order valence-electron chi connectivity index (χ3n) is 4.82. The molecule has 0 spiro atoms. The first-order valence-corrected chi connectivity index (χ1v) is 9.80. The van der Waals surface area contributed by atoms with Crippen LogP contribution in [-0.4, -0.2) is 22.1 Å². The van der Waals surface area contributed by atoms with Crippen molar-refractivity contribution in [2.75, 3.05) is 5.32 Å². The van der Waals surface area contributed by atoms with Crippen LogP contribution in [0.3, 0.4) is 0 Å². The second-order valence-electron chi connectivity index (χ2n) is 7.12. The van der Waals surface area contributed by atoms with Gasteiger partial charge in [0.1, 0.15) is 5.75 Å². The quantitative estimate of drug-likeness (QED) is 0.675. The fraction of sp³-hybridized carbons (Fsp3) is 0.333. The highest BCUT2D eigenvalue weighted by atomic mass is 32.2. The van der Waals surface area contributed by atoms with Gasteiger partial charge in [-0.15, -0.1) is 0 Å². The summed E-state index contributed by atoms with van der Waals surface area (Å²) >= 11 is 1.65. The van der Waals surface area contributed by atoms with Crippen LogP contribution in [0, 0.1) is 6.92 Å². The van der Waals surface area contributed by atoms with Crippen molar-refractivity contribution in [2.45, 2.75) is 55.7 Å². The number of aromatic hydroxyl groups is 1. The number of phenols is 1. The summed E-state index contributed by atoms with van der Waals surface area (Å²) in [5.41, 5.74) is 4.73. The molecule has 1 amide bonds. The van der Waals surface area contributed by atoms with E-state index in [0.717, 1.165) is 45.7 Å². The van der Waals surface area contributed by atoms with Gasteiger partial charge in [-0.25, -0.2) is 4.79 Å². The molecule has 0 saturated carbocycles. The van der Waals surface area contributed by atoms with Gasteiger partial charge in [0.25, 0.3) is 0 Å². The minimum Gasteiger partial charge on any atom is -0.508 e.